The zero-order valence-corrected chi connectivity index (χ0v) is 17.9. The van der Waals surface area contributed by atoms with E-state index in [0.29, 0.717) is 30.0 Å². The van der Waals surface area contributed by atoms with Gasteiger partial charge in [-0.15, -0.1) is 0 Å². The van der Waals surface area contributed by atoms with Gasteiger partial charge in [-0.05, 0) is 48.2 Å². The molecule has 1 atom stereocenters. The SMILES string of the molecule is CCc1ccc(O[C@H](CC)C(=O)Nc2ccccc2C(=O)NCc2ccccc2)cc1. The lowest BCUT2D eigenvalue weighted by atomic mass is 10.1. The van der Waals surface area contributed by atoms with Crippen molar-refractivity contribution in [3.8, 4) is 5.75 Å². The second-order valence-electron chi connectivity index (χ2n) is 7.22. The average molecular weight is 417 g/mol. The maximum absolute atomic E-state index is 12.9. The van der Waals surface area contributed by atoms with Crippen molar-refractivity contribution < 1.29 is 14.3 Å². The molecule has 31 heavy (non-hydrogen) atoms. The normalized spacial score (nSPS) is 11.4. The van der Waals surface area contributed by atoms with E-state index in [0.717, 1.165) is 12.0 Å². The number of benzene rings is 3. The highest BCUT2D eigenvalue weighted by atomic mass is 16.5. The Balaban J connectivity index is 1.66. The van der Waals surface area contributed by atoms with Crippen molar-refractivity contribution in [2.45, 2.75) is 39.3 Å². The first-order chi connectivity index (χ1) is 15.1. The van der Waals surface area contributed by atoms with E-state index in [1.165, 1.54) is 5.56 Å². The molecule has 0 aliphatic rings. The molecule has 3 aromatic rings. The summed E-state index contributed by atoms with van der Waals surface area (Å²) in [5.74, 6) is 0.113. The topological polar surface area (TPSA) is 67.4 Å². The van der Waals surface area contributed by atoms with E-state index in [-0.39, 0.29) is 11.8 Å². The molecule has 0 unspecified atom stereocenters. The van der Waals surface area contributed by atoms with Crippen LogP contribution in [0, 0.1) is 0 Å². The van der Waals surface area contributed by atoms with Crippen LogP contribution in [0.5, 0.6) is 5.75 Å². The lowest BCUT2D eigenvalue weighted by Crippen LogP contribution is -2.33. The van der Waals surface area contributed by atoms with Crippen molar-refractivity contribution >= 4 is 17.5 Å². The lowest BCUT2D eigenvalue weighted by Gasteiger charge is -2.18. The number of carbonyl (C=O) groups excluding carboxylic acids is 2. The van der Waals surface area contributed by atoms with E-state index >= 15 is 0 Å². The van der Waals surface area contributed by atoms with E-state index in [4.69, 9.17) is 4.74 Å². The van der Waals surface area contributed by atoms with Gasteiger partial charge >= 0.3 is 0 Å². The van der Waals surface area contributed by atoms with Gasteiger partial charge < -0.3 is 15.4 Å². The van der Waals surface area contributed by atoms with Crippen LogP contribution in [0.4, 0.5) is 5.69 Å². The summed E-state index contributed by atoms with van der Waals surface area (Å²) in [6, 6.07) is 24.4. The van der Waals surface area contributed by atoms with Gasteiger partial charge in [0.15, 0.2) is 6.10 Å². The Labute approximate surface area is 183 Å². The Morgan fingerprint density at radius 3 is 2.19 bits per heavy atom. The Kier molecular flexibility index (Phi) is 7.82. The third-order valence-corrected chi connectivity index (χ3v) is 5.00. The number of anilines is 1. The van der Waals surface area contributed by atoms with Crippen LogP contribution in [0.25, 0.3) is 0 Å². The minimum atomic E-state index is -0.659. The van der Waals surface area contributed by atoms with Gasteiger partial charge in [0.25, 0.3) is 11.8 Å². The lowest BCUT2D eigenvalue weighted by molar-refractivity contribution is -0.122. The summed E-state index contributed by atoms with van der Waals surface area (Å²) < 4.78 is 5.89. The second-order valence-corrected chi connectivity index (χ2v) is 7.22. The molecule has 0 heterocycles. The third-order valence-electron chi connectivity index (χ3n) is 5.00. The molecule has 0 aliphatic carbocycles. The number of hydrogen-bond donors (Lipinski definition) is 2. The maximum atomic E-state index is 12.9. The van der Waals surface area contributed by atoms with Crippen molar-refractivity contribution in [2.24, 2.45) is 0 Å². The first-order valence-electron chi connectivity index (χ1n) is 10.6. The maximum Gasteiger partial charge on any atom is 0.265 e. The summed E-state index contributed by atoms with van der Waals surface area (Å²) in [6.07, 6.45) is 0.790. The zero-order chi connectivity index (χ0) is 22.1. The molecule has 0 bridgehead atoms. The van der Waals surface area contributed by atoms with E-state index < -0.39 is 6.10 Å². The molecule has 0 saturated carbocycles. The number of rotatable bonds is 9. The summed E-state index contributed by atoms with van der Waals surface area (Å²) in [6.45, 7) is 4.39. The van der Waals surface area contributed by atoms with Crippen LogP contribution in [0.15, 0.2) is 78.9 Å². The quantitative estimate of drug-likeness (QED) is 0.517. The largest absolute Gasteiger partial charge is 0.481 e. The van der Waals surface area contributed by atoms with Crippen molar-refractivity contribution in [3.63, 3.8) is 0 Å². The fourth-order valence-corrected chi connectivity index (χ4v) is 3.17. The van der Waals surface area contributed by atoms with Gasteiger partial charge in [-0.1, -0.05) is 68.4 Å². The van der Waals surface area contributed by atoms with Crippen molar-refractivity contribution in [2.75, 3.05) is 5.32 Å². The van der Waals surface area contributed by atoms with Crippen LogP contribution in [-0.2, 0) is 17.8 Å². The van der Waals surface area contributed by atoms with Crippen LogP contribution in [0.2, 0.25) is 0 Å². The molecule has 3 aromatic carbocycles. The number of hydrogen-bond acceptors (Lipinski definition) is 3. The molecule has 0 aromatic heterocycles. The zero-order valence-electron chi connectivity index (χ0n) is 17.9. The summed E-state index contributed by atoms with van der Waals surface area (Å²) in [5, 5.41) is 5.76. The van der Waals surface area contributed by atoms with Crippen LogP contribution in [0.1, 0.15) is 41.8 Å². The second kappa shape index (κ2) is 11.0. The molecule has 0 saturated heterocycles. The molecule has 0 aliphatic heterocycles. The van der Waals surface area contributed by atoms with Crippen LogP contribution in [-0.4, -0.2) is 17.9 Å². The van der Waals surface area contributed by atoms with Crippen LogP contribution < -0.4 is 15.4 Å². The van der Waals surface area contributed by atoms with Gasteiger partial charge in [-0.3, -0.25) is 9.59 Å². The molecule has 0 fully saturated rings. The number of carbonyl (C=O) groups is 2. The Morgan fingerprint density at radius 1 is 0.839 bits per heavy atom. The van der Waals surface area contributed by atoms with E-state index in [1.807, 2.05) is 61.5 Å². The molecule has 3 rings (SSSR count). The number of amides is 2. The van der Waals surface area contributed by atoms with Gasteiger partial charge in [0, 0.05) is 6.54 Å². The predicted octanol–water partition coefficient (Wildman–Crippen LogP) is 4.98. The Bertz CT molecular complexity index is 1000. The molecule has 5 heteroatoms. The fraction of sp³-hybridized carbons (Fsp3) is 0.231. The van der Waals surface area contributed by atoms with Gasteiger partial charge in [0.2, 0.25) is 0 Å². The standard InChI is InChI=1S/C26H28N2O3/c1-3-19-14-16-21(17-15-19)31-24(4-2)26(30)28-23-13-9-8-12-22(23)25(29)27-18-20-10-6-5-7-11-20/h5-17,24H,3-4,18H2,1-2H3,(H,27,29)(H,28,30)/t24-/m1/s1. The molecule has 0 radical (unpaired) electrons. The summed E-state index contributed by atoms with van der Waals surface area (Å²) in [7, 11) is 0. The first kappa shape index (κ1) is 22.1. The van der Waals surface area contributed by atoms with Crippen LogP contribution in [0.3, 0.4) is 0 Å². The van der Waals surface area contributed by atoms with Crippen molar-refractivity contribution in [3.05, 3.63) is 95.6 Å². The third kappa shape index (κ3) is 6.19. The molecule has 2 N–H and O–H groups in total. The number of ether oxygens (including phenoxy) is 1. The molecular formula is C26H28N2O3. The van der Waals surface area contributed by atoms with Gasteiger partial charge in [-0.25, -0.2) is 0 Å². The Morgan fingerprint density at radius 2 is 1.52 bits per heavy atom. The van der Waals surface area contributed by atoms with Crippen LogP contribution >= 0.6 is 0 Å². The molecule has 0 spiro atoms. The minimum Gasteiger partial charge on any atom is -0.481 e. The summed E-state index contributed by atoms with van der Waals surface area (Å²) in [4.78, 5) is 25.6. The van der Waals surface area contributed by atoms with E-state index in [2.05, 4.69) is 17.6 Å². The smallest absolute Gasteiger partial charge is 0.265 e. The molecule has 2 amide bonds. The van der Waals surface area contributed by atoms with Gasteiger partial charge in [0.05, 0.1) is 11.3 Å². The number of para-hydroxylation sites is 1. The van der Waals surface area contributed by atoms with Gasteiger partial charge in [0.1, 0.15) is 5.75 Å². The fourth-order valence-electron chi connectivity index (χ4n) is 3.17. The first-order valence-corrected chi connectivity index (χ1v) is 10.6. The van der Waals surface area contributed by atoms with E-state index in [1.54, 1.807) is 24.3 Å². The molecular weight excluding hydrogens is 388 g/mol. The predicted molar refractivity (Wildman–Crippen MR) is 123 cm³/mol. The highest BCUT2D eigenvalue weighted by molar-refractivity contribution is 6.04. The minimum absolute atomic E-state index is 0.246. The summed E-state index contributed by atoms with van der Waals surface area (Å²) >= 11 is 0. The molecule has 5 nitrogen and oxygen atoms in total. The number of nitrogens with one attached hydrogen (secondary N) is 2. The summed E-state index contributed by atoms with van der Waals surface area (Å²) in [5.41, 5.74) is 3.08. The van der Waals surface area contributed by atoms with Gasteiger partial charge in [-0.2, -0.15) is 0 Å². The molecule has 160 valence electrons. The van der Waals surface area contributed by atoms with E-state index in [9.17, 15) is 9.59 Å². The monoisotopic (exact) mass is 416 g/mol. The number of aryl methyl sites for hydroxylation is 1. The van der Waals surface area contributed by atoms with Crippen molar-refractivity contribution in [1.82, 2.24) is 5.32 Å². The Hall–Kier alpha value is -3.60. The average Bonchev–Trinajstić information content (AvgIpc) is 2.82. The highest BCUT2D eigenvalue weighted by Crippen LogP contribution is 2.19. The van der Waals surface area contributed by atoms with Crippen molar-refractivity contribution in [1.29, 1.82) is 0 Å². The highest BCUT2D eigenvalue weighted by Gasteiger charge is 2.21.